The summed E-state index contributed by atoms with van der Waals surface area (Å²) in [4.78, 5) is 15.0. The van der Waals surface area contributed by atoms with Crippen LogP contribution in [-0.4, -0.2) is 41.4 Å². The van der Waals surface area contributed by atoms with Gasteiger partial charge in [-0.2, -0.15) is 0 Å². The van der Waals surface area contributed by atoms with Crippen molar-refractivity contribution in [2.75, 3.05) is 40.4 Å². The van der Waals surface area contributed by atoms with Crippen LogP contribution in [0, 0.1) is 0 Å². The number of hydrogen-bond acceptors (Lipinski definition) is 5. The van der Waals surface area contributed by atoms with E-state index in [1.54, 1.807) is 38.3 Å². The van der Waals surface area contributed by atoms with Crippen molar-refractivity contribution in [3.05, 3.63) is 52.5 Å². The number of carbonyl (C=O) groups excluding carboxylic acids is 1. The van der Waals surface area contributed by atoms with Gasteiger partial charge in [0.05, 0.1) is 39.7 Å². The lowest BCUT2D eigenvalue weighted by Gasteiger charge is -2.22. The lowest BCUT2D eigenvalue weighted by atomic mass is 10.1. The highest BCUT2D eigenvalue weighted by atomic mass is 79.9. The summed E-state index contributed by atoms with van der Waals surface area (Å²) in [7, 11) is 7.94. The highest BCUT2D eigenvalue weighted by Crippen LogP contribution is 2.40. The van der Waals surface area contributed by atoms with Crippen molar-refractivity contribution in [1.82, 2.24) is 0 Å². The lowest BCUT2D eigenvalue weighted by Crippen LogP contribution is -2.27. The number of amides is 1. The predicted octanol–water partition coefficient (Wildman–Crippen LogP) is 4.91. The molecule has 152 valence electrons. The predicted molar refractivity (Wildman–Crippen MR) is 117 cm³/mol. The number of carbonyl (C=O) groups is 1. The maximum absolute atomic E-state index is 13.4. The van der Waals surface area contributed by atoms with E-state index in [-0.39, 0.29) is 5.91 Å². The first-order chi connectivity index (χ1) is 14.0. The van der Waals surface area contributed by atoms with Crippen LogP contribution in [0.3, 0.4) is 0 Å². The molecule has 0 radical (unpaired) electrons. The second-order valence-electron chi connectivity index (χ2n) is 6.23. The summed E-state index contributed by atoms with van der Waals surface area (Å²) in [5, 5.41) is 1.79. The van der Waals surface area contributed by atoms with E-state index in [1.807, 2.05) is 30.3 Å². The summed E-state index contributed by atoms with van der Waals surface area (Å²) in [6, 6.07) is 13.0. The van der Waals surface area contributed by atoms with Crippen LogP contribution in [0.1, 0.15) is 10.4 Å². The van der Waals surface area contributed by atoms with Gasteiger partial charge in [-0.05, 0) is 51.6 Å². The number of methoxy groups -OCH3 is 4. The molecule has 0 bridgehead atoms. The van der Waals surface area contributed by atoms with Crippen molar-refractivity contribution in [2.24, 2.45) is 0 Å². The van der Waals surface area contributed by atoms with Gasteiger partial charge in [0.25, 0.3) is 5.91 Å². The van der Waals surface area contributed by atoms with Crippen LogP contribution in [-0.2, 0) is 0 Å². The number of rotatable bonds is 6. The number of ether oxygens (including phenoxy) is 4. The summed E-state index contributed by atoms with van der Waals surface area (Å²) >= 11 is 3.46. The molecule has 29 heavy (non-hydrogen) atoms. The Morgan fingerprint density at radius 3 is 2.14 bits per heavy atom. The van der Waals surface area contributed by atoms with E-state index in [4.69, 9.17) is 18.9 Å². The fourth-order valence-electron chi connectivity index (χ4n) is 3.26. The Labute approximate surface area is 178 Å². The van der Waals surface area contributed by atoms with E-state index in [2.05, 4.69) is 15.9 Å². The van der Waals surface area contributed by atoms with Gasteiger partial charge in [0.15, 0.2) is 23.0 Å². The third-order valence-electron chi connectivity index (χ3n) is 4.74. The topological polar surface area (TPSA) is 57.2 Å². The summed E-state index contributed by atoms with van der Waals surface area (Å²) in [6.45, 7) is 0. The molecular weight excluding hydrogens is 438 g/mol. The molecule has 0 saturated carbocycles. The average molecular weight is 460 g/mol. The van der Waals surface area contributed by atoms with Gasteiger partial charge in [-0.15, -0.1) is 0 Å². The Morgan fingerprint density at radius 1 is 0.862 bits per heavy atom. The minimum absolute atomic E-state index is 0.241. The lowest BCUT2D eigenvalue weighted by molar-refractivity contribution is 0.0989. The standard InChI is InChI=1S/C22H22BrNO5/c1-24(22(25)20-15(23)9-10-17(26-2)21(20)29-5)16-8-6-7-13-11-18(27-3)19(28-4)12-14(13)16/h6-12H,1-5H3. The van der Waals surface area contributed by atoms with Crippen LogP contribution in [0.4, 0.5) is 5.69 Å². The second kappa shape index (κ2) is 8.61. The molecule has 1 amide bonds. The molecule has 0 fully saturated rings. The molecule has 3 aromatic carbocycles. The molecule has 0 aliphatic carbocycles. The van der Waals surface area contributed by atoms with Gasteiger partial charge in [-0.1, -0.05) is 12.1 Å². The molecule has 6 nitrogen and oxygen atoms in total. The first-order valence-electron chi connectivity index (χ1n) is 8.80. The Morgan fingerprint density at radius 2 is 1.52 bits per heavy atom. The molecule has 7 heteroatoms. The van der Waals surface area contributed by atoms with Gasteiger partial charge in [-0.25, -0.2) is 0 Å². The van der Waals surface area contributed by atoms with Crippen LogP contribution < -0.4 is 23.8 Å². The quantitative estimate of drug-likeness (QED) is 0.523. The van der Waals surface area contributed by atoms with Crippen molar-refractivity contribution in [3.8, 4) is 23.0 Å². The summed E-state index contributed by atoms with van der Waals surface area (Å²) < 4.78 is 22.3. The van der Waals surface area contributed by atoms with Gasteiger partial charge in [0, 0.05) is 16.9 Å². The molecule has 3 aromatic rings. The second-order valence-corrected chi connectivity index (χ2v) is 7.08. The van der Waals surface area contributed by atoms with Crippen molar-refractivity contribution >= 4 is 38.3 Å². The first kappa shape index (κ1) is 20.8. The van der Waals surface area contributed by atoms with E-state index in [0.29, 0.717) is 33.0 Å². The van der Waals surface area contributed by atoms with Crippen LogP contribution in [0.2, 0.25) is 0 Å². The van der Waals surface area contributed by atoms with Crippen molar-refractivity contribution in [3.63, 3.8) is 0 Å². The van der Waals surface area contributed by atoms with Crippen LogP contribution in [0.25, 0.3) is 10.8 Å². The van der Waals surface area contributed by atoms with E-state index >= 15 is 0 Å². The Balaban J connectivity index is 2.15. The molecule has 3 rings (SSSR count). The molecule has 0 heterocycles. The minimum atomic E-state index is -0.241. The molecule has 0 aromatic heterocycles. The molecule has 0 aliphatic heterocycles. The van der Waals surface area contributed by atoms with E-state index in [0.717, 1.165) is 16.5 Å². The maximum atomic E-state index is 13.4. The van der Waals surface area contributed by atoms with Gasteiger partial charge in [0.2, 0.25) is 0 Å². The van der Waals surface area contributed by atoms with E-state index in [9.17, 15) is 4.79 Å². The number of halogens is 1. The average Bonchev–Trinajstić information content (AvgIpc) is 2.76. The fourth-order valence-corrected chi connectivity index (χ4v) is 3.74. The van der Waals surface area contributed by atoms with E-state index in [1.165, 1.54) is 14.2 Å². The molecule has 0 N–H and O–H groups in total. The third-order valence-corrected chi connectivity index (χ3v) is 5.40. The Kier molecular flexibility index (Phi) is 6.17. The number of fused-ring (bicyclic) bond motifs is 1. The highest BCUT2D eigenvalue weighted by molar-refractivity contribution is 9.10. The van der Waals surface area contributed by atoms with Crippen LogP contribution >= 0.6 is 15.9 Å². The zero-order chi connectivity index (χ0) is 21.1. The molecule has 0 unspecified atom stereocenters. The Bertz CT molecular complexity index is 1070. The zero-order valence-electron chi connectivity index (χ0n) is 16.9. The minimum Gasteiger partial charge on any atom is -0.493 e. The molecule has 0 saturated heterocycles. The normalized spacial score (nSPS) is 10.6. The van der Waals surface area contributed by atoms with E-state index < -0.39 is 0 Å². The van der Waals surface area contributed by atoms with Gasteiger partial charge >= 0.3 is 0 Å². The number of hydrogen-bond donors (Lipinski definition) is 0. The Hall–Kier alpha value is -2.93. The van der Waals surface area contributed by atoms with Gasteiger partial charge in [0.1, 0.15) is 0 Å². The largest absolute Gasteiger partial charge is 0.493 e. The monoisotopic (exact) mass is 459 g/mol. The number of nitrogens with zero attached hydrogens (tertiary/aromatic N) is 1. The van der Waals surface area contributed by atoms with Gasteiger partial charge in [-0.3, -0.25) is 4.79 Å². The van der Waals surface area contributed by atoms with Crippen LogP contribution in [0.15, 0.2) is 46.9 Å². The maximum Gasteiger partial charge on any atom is 0.263 e. The summed E-state index contributed by atoms with van der Waals surface area (Å²) in [5.41, 5.74) is 1.11. The molecule has 0 spiro atoms. The SMILES string of the molecule is COc1cc2cccc(N(C)C(=O)c3c(Br)ccc(OC)c3OC)c2cc1OC. The molecule has 0 atom stereocenters. The van der Waals surface area contributed by atoms with Crippen molar-refractivity contribution < 1.29 is 23.7 Å². The number of benzene rings is 3. The number of anilines is 1. The van der Waals surface area contributed by atoms with Crippen molar-refractivity contribution in [2.45, 2.75) is 0 Å². The smallest absolute Gasteiger partial charge is 0.263 e. The van der Waals surface area contributed by atoms with Crippen molar-refractivity contribution in [1.29, 1.82) is 0 Å². The van der Waals surface area contributed by atoms with Gasteiger partial charge < -0.3 is 23.8 Å². The zero-order valence-corrected chi connectivity index (χ0v) is 18.5. The first-order valence-corrected chi connectivity index (χ1v) is 9.59. The summed E-state index contributed by atoms with van der Waals surface area (Å²) in [6.07, 6.45) is 0. The highest BCUT2D eigenvalue weighted by Gasteiger charge is 2.25. The molecule has 0 aliphatic rings. The molecular formula is C22H22BrNO5. The summed E-state index contributed by atoms with van der Waals surface area (Å²) in [5.74, 6) is 1.83. The van der Waals surface area contributed by atoms with Crippen LogP contribution in [0.5, 0.6) is 23.0 Å². The third kappa shape index (κ3) is 3.70. The fraction of sp³-hybridized carbons (Fsp3) is 0.227.